The molecule has 6 nitrogen and oxygen atoms in total. The molecule has 0 saturated carbocycles. The van der Waals surface area contributed by atoms with Crippen LogP contribution in [-0.2, 0) is 9.59 Å². The number of aliphatic carboxylic acids is 1. The summed E-state index contributed by atoms with van der Waals surface area (Å²) in [5, 5.41) is 8.65. The standard InChI is InChI=1S/C16H23NO5/c1-3-17(11-10-16(19)20)15(18)5-4-12-22-14-8-6-13(21-2)7-9-14/h6-9H,3-5,10-12H2,1-2H3,(H,19,20). The summed E-state index contributed by atoms with van der Waals surface area (Å²) in [5.74, 6) is 0.558. The van der Waals surface area contributed by atoms with Crippen molar-refractivity contribution in [3.63, 3.8) is 0 Å². The van der Waals surface area contributed by atoms with E-state index in [2.05, 4.69) is 0 Å². The van der Waals surface area contributed by atoms with Gasteiger partial charge in [0.05, 0.1) is 20.1 Å². The minimum absolute atomic E-state index is 0.0259. The number of carbonyl (C=O) groups is 2. The largest absolute Gasteiger partial charge is 0.497 e. The zero-order chi connectivity index (χ0) is 16.4. The predicted molar refractivity (Wildman–Crippen MR) is 82.2 cm³/mol. The molecule has 22 heavy (non-hydrogen) atoms. The van der Waals surface area contributed by atoms with Gasteiger partial charge in [-0.15, -0.1) is 0 Å². The van der Waals surface area contributed by atoms with Crippen LogP contribution in [-0.4, -0.2) is 48.7 Å². The van der Waals surface area contributed by atoms with Gasteiger partial charge in [0.1, 0.15) is 11.5 Å². The Balaban J connectivity index is 2.26. The zero-order valence-corrected chi connectivity index (χ0v) is 13.1. The molecule has 0 bridgehead atoms. The fraction of sp³-hybridized carbons (Fsp3) is 0.500. The van der Waals surface area contributed by atoms with E-state index in [9.17, 15) is 9.59 Å². The highest BCUT2D eigenvalue weighted by atomic mass is 16.5. The van der Waals surface area contributed by atoms with Crippen LogP contribution < -0.4 is 9.47 Å². The van der Waals surface area contributed by atoms with Crippen molar-refractivity contribution in [3.8, 4) is 11.5 Å². The molecule has 122 valence electrons. The normalized spacial score (nSPS) is 10.1. The molecule has 0 unspecified atom stereocenters. The number of nitrogens with zero attached hydrogens (tertiary/aromatic N) is 1. The summed E-state index contributed by atoms with van der Waals surface area (Å²) in [4.78, 5) is 24.0. The Morgan fingerprint density at radius 2 is 1.77 bits per heavy atom. The lowest BCUT2D eigenvalue weighted by molar-refractivity contribution is -0.138. The molecule has 0 spiro atoms. The Bertz CT molecular complexity index is 472. The molecule has 0 heterocycles. The number of ether oxygens (including phenoxy) is 2. The highest BCUT2D eigenvalue weighted by molar-refractivity contribution is 5.77. The first-order valence-electron chi connectivity index (χ1n) is 7.33. The van der Waals surface area contributed by atoms with Crippen LogP contribution in [0.2, 0.25) is 0 Å². The summed E-state index contributed by atoms with van der Waals surface area (Å²) in [6, 6.07) is 7.24. The molecule has 0 aliphatic carbocycles. The van der Waals surface area contributed by atoms with E-state index in [0.717, 1.165) is 11.5 Å². The average Bonchev–Trinajstić information content (AvgIpc) is 2.52. The van der Waals surface area contributed by atoms with Gasteiger partial charge in [-0.25, -0.2) is 0 Å². The van der Waals surface area contributed by atoms with E-state index >= 15 is 0 Å². The number of hydrogen-bond acceptors (Lipinski definition) is 4. The summed E-state index contributed by atoms with van der Waals surface area (Å²) in [6.45, 7) is 3.05. The Morgan fingerprint density at radius 1 is 1.14 bits per heavy atom. The van der Waals surface area contributed by atoms with Crippen molar-refractivity contribution < 1.29 is 24.2 Å². The van der Waals surface area contributed by atoms with Crippen molar-refractivity contribution in [1.82, 2.24) is 4.90 Å². The molecule has 1 amide bonds. The van der Waals surface area contributed by atoms with Gasteiger partial charge < -0.3 is 19.5 Å². The van der Waals surface area contributed by atoms with Gasteiger partial charge in [-0.1, -0.05) is 0 Å². The van der Waals surface area contributed by atoms with Gasteiger partial charge in [0, 0.05) is 19.5 Å². The summed E-state index contributed by atoms with van der Waals surface area (Å²) < 4.78 is 10.6. The highest BCUT2D eigenvalue weighted by Crippen LogP contribution is 2.17. The quantitative estimate of drug-likeness (QED) is 0.670. The second-order valence-electron chi connectivity index (χ2n) is 4.74. The number of benzene rings is 1. The Labute approximate surface area is 130 Å². The van der Waals surface area contributed by atoms with Crippen LogP contribution >= 0.6 is 0 Å². The Morgan fingerprint density at radius 3 is 2.32 bits per heavy atom. The maximum Gasteiger partial charge on any atom is 0.305 e. The van der Waals surface area contributed by atoms with E-state index in [1.165, 1.54) is 0 Å². The van der Waals surface area contributed by atoms with E-state index < -0.39 is 5.97 Å². The number of carbonyl (C=O) groups excluding carboxylic acids is 1. The molecule has 1 aromatic carbocycles. The molecule has 0 aromatic heterocycles. The molecule has 0 aliphatic heterocycles. The number of carboxylic acid groups (broad SMARTS) is 1. The Kier molecular flexibility index (Phi) is 7.81. The van der Waals surface area contributed by atoms with Crippen molar-refractivity contribution in [2.75, 3.05) is 26.8 Å². The third-order valence-corrected chi connectivity index (χ3v) is 3.19. The van der Waals surface area contributed by atoms with Crippen molar-refractivity contribution in [2.24, 2.45) is 0 Å². The lowest BCUT2D eigenvalue weighted by Gasteiger charge is -2.19. The maximum absolute atomic E-state index is 11.9. The van der Waals surface area contributed by atoms with Crippen LogP contribution in [0.25, 0.3) is 0 Å². The van der Waals surface area contributed by atoms with Crippen molar-refractivity contribution in [3.05, 3.63) is 24.3 Å². The van der Waals surface area contributed by atoms with Crippen molar-refractivity contribution in [2.45, 2.75) is 26.2 Å². The minimum atomic E-state index is -0.894. The van der Waals surface area contributed by atoms with Gasteiger partial charge in [-0.2, -0.15) is 0 Å². The van der Waals surface area contributed by atoms with E-state index in [4.69, 9.17) is 14.6 Å². The monoisotopic (exact) mass is 309 g/mol. The third kappa shape index (κ3) is 6.47. The molecule has 1 aromatic rings. The molecule has 0 aliphatic rings. The molecular formula is C16H23NO5. The van der Waals surface area contributed by atoms with E-state index in [1.54, 1.807) is 12.0 Å². The molecule has 6 heteroatoms. The Hall–Kier alpha value is -2.24. The van der Waals surface area contributed by atoms with Crippen LogP contribution in [0.3, 0.4) is 0 Å². The number of rotatable bonds is 10. The molecule has 1 rings (SSSR count). The number of amides is 1. The van der Waals surface area contributed by atoms with Gasteiger partial charge in [-0.05, 0) is 37.6 Å². The van der Waals surface area contributed by atoms with Crippen LogP contribution in [0.4, 0.5) is 0 Å². The third-order valence-electron chi connectivity index (χ3n) is 3.19. The number of carboxylic acids is 1. The maximum atomic E-state index is 11.9. The lowest BCUT2D eigenvalue weighted by Crippen LogP contribution is -2.32. The van der Waals surface area contributed by atoms with Gasteiger partial charge >= 0.3 is 5.97 Å². The zero-order valence-electron chi connectivity index (χ0n) is 13.1. The van der Waals surface area contributed by atoms with E-state index in [0.29, 0.717) is 26.0 Å². The first-order valence-corrected chi connectivity index (χ1v) is 7.33. The molecule has 0 fully saturated rings. The second-order valence-corrected chi connectivity index (χ2v) is 4.74. The number of methoxy groups -OCH3 is 1. The summed E-state index contributed by atoms with van der Waals surface area (Å²) in [6.07, 6.45) is 0.917. The topological polar surface area (TPSA) is 76.1 Å². The first-order chi connectivity index (χ1) is 10.6. The van der Waals surface area contributed by atoms with Crippen LogP contribution in [0.15, 0.2) is 24.3 Å². The SMILES string of the molecule is CCN(CCC(=O)O)C(=O)CCCOc1ccc(OC)cc1. The minimum Gasteiger partial charge on any atom is -0.497 e. The predicted octanol–water partition coefficient (Wildman–Crippen LogP) is 2.18. The summed E-state index contributed by atoms with van der Waals surface area (Å²) in [7, 11) is 1.60. The van der Waals surface area contributed by atoms with Gasteiger partial charge in [0.15, 0.2) is 0 Å². The van der Waals surface area contributed by atoms with Gasteiger partial charge in [0.2, 0.25) is 5.91 Å². The van der Waals surface area contributed by atoms with Crippen LogP contribution in [0, 0.1) is 0 Å². The first kappa shape index (κ1) is 17.8. The molecule has 0 radical (unpaired) electrons. The van der Waals surface area contributed by atoms with E-state index in [1.807, 2.05) is 31.2 Å². The fourth-order valence-corrected chi connectivity index (χ4v) is 1.93. The van der Waals surface area contributed by atoms with Crippen LogP contribution in [0.5, 0.6) is 11.5 Å². The van der Waals surface area contributed by atoms with E-state index in [-0.39, 0.29) is 18.9 Å². The molecule has 0 atom stereocenters. The molecular weight excluding hydrogens is 286 g/mol. The second kappa shape index (κ2) is 9.65. The molecule has 0 saturated heterocycles. The highest BCUT2D eigenvalue weighted by Gasteiger charge is 2.12. The van der Waals surface area contributed by atoms with Crippen molar-refractivity contribution >= 4 is 11.9 Å². The average molecular weight is 309 g/mol. The van der Waals surface area contributed by atoms with Crippen molar-refractivity contribution in [1.29, 1.82) is 0 Å². The van der Waals surface area contributed by atoms with Crippen LogP contribution in [0.1, 0.15) is 26.2 Å². The fourth-order valence-electron chi connectivity index (χ4n) is 1.93. The summed E-state index contributed by atoms with van der Waals surface area (Å²) in [5.41, 5.74) is 0. The van der Waals surface area contributed by atoms with Gasteiger partial charge in [-0.3, -0.25) is 9.59 Å². The summed E-state index contributed by atoms with van der Waals surface area (Å²) >= 11 is 0. The lowest BCUT2D eigenvalue weighted by atomic mass is 10.2. The molecule has 1 N–H and O–H groups in total. The smallest absolute Gasteiger partial charge is 0.305 e. The van der Waals surface area contributed by atoms with Gasteiger partial charge in [0.25, 0.3) is 0 Å². The number of hydrogen-bond donors (Lipinski definition) is 1.